The molecule has 1 aromatic carbocycles. The van der Waals surface area contributed by atoms with Crippen LogP contribution in [0.4, 0.5) is 0 Å². The second-order valence-electron chi connectivity index (χ2n) is 5.26. The van der Waals surface area contributed by atoms with Crippen LogP contribution in [0.15, 0.2) is 35.8 Å². The summed E-state index contributed by atoms with van der Waals surface area (Å²) in [5.41, 5.74) is 0.907. The smallest absolute Gasteiger partial charge is 0.227 e. The van der Waals surface area contributed by atoms with Crippen molar-refractivity contribution in [3.63, 3.8) is 0 Å². The molecular weight excluding hydrogens is 304 g/mol. The largest absolute Gasteiger partial charge is 0.339 e. The van der Waals surface area contributed by atoms with Crippen LogP contribution in [0.2, 0.25) is 5.02 Å². The molecule has 1 amide bonds. The van der Waals surface area contributed by atoms with Gasteiger partial charge in [-0.3, -0.25) is 4.79 Å². The third-order valence-corrected chi connectivity index (χ3v) is 4.87. The summed E-state index contributed by atoms with van der Waals surface area (Å²) in [4.78, 5) is 18.8. The monoisotopic (exact) mass is 320 g/mol. The first kappa shape index (κ1) is 14.5. The first-order valence-corrected chi connectivity index (χ1v) is 8.41. The van der Waals surface area contributed by atoms with E-state index in [0.717, 1.165) is 36.4 Å². The van der Waals surface area contributed by atoms with Crippen LogP contribution < -0.4 is 0 Å². The highest BCUT2D eigenvalue weighted by molar-refractivity contribution is 7.09. The van der Waals surface area contributed by atoms with E-state index in [4.69, 9.17) is 11.6 Å². The van der Waals surface area contributed by atoms with Gasteiger partial charge in [-0.15, -0.1) is 11.3 Å². The van der Waals surface area contributed by atoms with Gasteiger partial charge in [0.1, 0.15) is 0 Å². The predicted octanol–water partition coefficient (Wildman–Crippen LogP) is 3.57. The number of carbonyl (C=O) groups excluding carboxylic acids is 1. The van der Waals surface area contributed by atoms with Crippen molar-refractivity contribution in [1.82, 2.24) is 9.88 Å². The zero-order valence-corrected chi connectivity index (χ0v) is 13.2. The molecule has 5 heteroatoms. The van der Waals surface area contributed by atoms with Gasteiger partial charge in [-0.1, -0.05) is 29.8 Å². The maximum absolute atomic E-state index is 12.6. The highest BCUT2D eigenvalue weighted by atomic mass is 35.5. The number of hydrogen-bond acceptors (Lipinski definition) is 3. The Morgan fingerprint density at radius 1 is 1.38 bits per heavy atom. The summed E-state index contributed by atoms with van der Waals surface area (Å²) in [5.74, 6) is 0.169. The molecule has 1 aliphatic rings. The lowest BCUT2D eigenvalue weighted by atomic mass is 10.1. The fourth-order valence-corrected chi connectivity index (χ4v) is 3.21. The summed E-state index contributed by atoms with van der Waals surface area (Å²) in [5, 5.41) is 3.73. The van der Waals surface area contributed by atoms with Crippen molar-refractivity contribution >= 4 is 28.8 Å². The Bertz CT molecular complexity index is 610. The Hall–Kier alpha value is -1.39. The number of nitrogens with zero attached hydrogens (tertiary/aromatic N) is 2. The summed E-state index contributed by atoms with van der Waals surface area (Å²) >= 11 is 7.79. The van der Waals surface area contributed by atoms with Crippen molar-refractivity contribution in [2.24, 2.45) is 0 Å². The molecule has 0 atom stereocenters. The van der Waals surface area contributed by atoms with E-state index in [1.54, 1.807) is 11.3 Å². The van der Waals surface area contributed by atoms with Crippen LogP contribution in [0.1, 0.15) is 23.4 Å². The minimum Gasteiger partial charge on any atom is -0.339 e. The van der Waals surface area contributed by atoms with E-state index in [0.29, 0.717) is 17.5 Å². The topological polar surface area (TPSA) is 33.2 Å². The highest BCUT2D eigenvalue weighted by Crippen LogP contribution is 2.28. The van der Waals surface area contributed by atoms with Gasteiger partial charge in [0.25, 0.3) is 0 Å². The SMILES string of the molecule is O=C(Cc1ccccc1Cl)N(CCc1nccs1)C1CC1. The van der Waals surface area contributed by atoms with E-state index in [9.17, 15) is 4.79 Å². The van der Waals surface area contributed by atoms with Gasteiger partial charge in [0.05, 0.1) is 11.4 Å². The van der Waals surface area contributed by atoms with E-state index < -0.39 is 0 Å². The van der Waals surface area contributed by atoms with Crippen LogP contribution >= 0.6 is 22.9 Å². The number of benzene rings is 1. The number of carbonyl (C=O) groups is 1. The number of thiazole rings is 1. The number of amides is 1. The molecule has 0 unspecified atom stereocenters. The van der Waals surface area contributed by atoms with Gasteiger partial charge in [0, 0.05) is 35.6 Å². The third-order valence-electron chi connectivity index (χ3n) is 3.66. The number of aromatic nitrogens is 1. The minimum atomic E-state index is 0.169. The molecule has 21 heavy (non-hydrogen) atoms. The summed E-state index contributed by atoms with van der Waals surface area (Å²) in [7, 11) is 0. The summed E-state index contributed by atoms with van der Waals surface area (Å²) in [6, 6.07) is 7.98. The van der Waals surface area contributed by atoms with Crippen LogP contribution in [0.3, 0.4) is 0 Å². The molecule has 0 spiro atoms. The van der Waals surface area contributed by atoms with E-state index in [1.165, 1.54) is 0 Å². The molecule has 0 radical (unpaired) electrons. The van der Waals surface area contributed by atoms with Crippen LogP contribution in [-0.4, -0.2) is 28.4 Å². The average molecular weight is 321 g/mol. The molecular formula is C16H17ClN2OS. The molecule has 1 fully saturated rings. The van der Waals surface area contributed by atoms with E-state index in [2.05, 4.69) is 4.98 Å². The minimum absolute atomic E-state index is 0.169. The van der Waals surface area contributed by atoms with Crippen LogP contribution in [0, 0.1) is 0 Å². The van der Waals surface area contributed by atoms with Gasteiger partial charge in [0.15, 0.2) is 0 Å². The molecule has 1 saturated carbocycles. The molecule has 3 rings (SSSR count). The standard InChI is InChI=1S/C16H17ClN2OS/c17-14-4-2-1-3-12(14)11-16(20)19(13-5-6-13)9-7-15-18-8-10-21-15/h1-4,8,10,13H,5-7,9,11H2. The Morgan fingerprint density at radius 2 is 2.19 bits per heavy atom. The second kappa shape index (κ2) is 6.58. The van der Waals surface area contributed by atoms with Crippen molar-refractivity contribution in [2.75, 3.05) is 6.54 Å². The van der Waals surface area contributed by atoms with Gasteiger partial charge in [0.2, 0.25) is 5.91 Å². The number of rotatable bonds is 6. The lowest BCUT2D eigenvalue weighted by Crippen LogP contribution is -2.36. The maximum atomic E-state index is 12.6. The van der Waals surface area contributed by atoms with Gasteiger partial charge in [-0.05, 0) is 24.5 Å². The third kappa shape index (κ3) is 3.83. The quantitative estimate of drug-likeness (QED) is 0.815. The van der Waals surface area contributed by atoms with Gasteiger partial charge >= 0.3 is 0 Å². The van der Waals surface area contributed by atoms with Crippen molar-refractivity contribution < 1.29 is 4.79 Å². The normalized spacial score (nSPS) is 14.1. The fraction of sp³-hybridized carbons (Fsp3) is 0.375. The van der Waals surface area contributed by atoms with E-state index >= 15 is 0 Å². The highest BCUT2D eigenvalue weighted by Gasteiger charge is 2.32. The Kier molecular flexibility index (Phi) is 4.56. The Labute approximate surface area is 133 Å². The molecule has 1 aliphatic carbocycles. The van der Waals surface area contributed by atoms with Crippen LogP contribution in [-0.2, 0) is 17.6 Å². The Balaban J connectivity index is 1.63. The predicted molar refractivity (Wildman–Crippen MR) is 85.7 cm³/mol. The van der Waals surface area contributed by atoms with Gasteiger partial charge in [-0.2, -0.15) is 0 Å². The van der Waals surface area contributed by atoms with E-state index in [1.807, 2.05) is 40.7 Å². The molecule has 0 bridgehead atoms. The van der Waals surface area contributed by atoms with Crippen molar-refractivity contribution in [3.05, 3.63) is 51.4 Å². The average Bonchev–Trinajstić information content (AvgIpc) is 3.17. The zero-order chi connectivity index (χ0) is 14.7. The number of halogens is 1. The lowest BCUT2D eigenvalue weighted by Gasteiger charge is -2.22. The lowest BCUT2D eigenvalue weighted by molar-refractivity contribution is -0.131. The van der Waals surface area contributed by atoms with Crippen molar-refractivity contribution in [1.29, 1.82) is 0 Å². The van der Waals surface area contributed by atoms with Crippen molar-refractivity contribution in [3.8, 4) is 0 Å². The molecule has 2 aromatic rings. The molecule has 110 valence electrons. The molecule has 3 nitrogen and oxygen atoms in total. The first-order valence-electron chi connectivity index (χ1n) is 7.15. The summed E-state index contributed by atoms with van der Waals surface area (Å²) in [6.45, 7) is 0.751. The molecule has 0 N–H and O–H groups in total. The van der Waals surface area contributed by atoms with E-state index in [-0.39, 0.29) is 5.91 Å². The van der Waals surface area contributed by atoms with Crippen molar-refractivity contribution in [2.45, 2.75) is 31.7 Å². The molecule has 1 heterocycles. The molecule has 1 aromatic heterocycles. The van der Waals surface area contributed by atoms with Crippen LogP contribution in [0.25, 0.3) is 0 Å². The van der Waals surface area contributed by atoms with Gasteiger partial charge in [-0.25, -0.2) is 4.98 Å². The number of hydrogen-bond donors (Lipinski definition) is 0. The first-order chi connectivity index (χ1) is 10.2. The van der Waals surface area contributed by atoms with Gasteiger partial charge < -0.3 is 4.90 Å². The molecule has 0 aliphatic heterocycles. The summed E-state index contributed by atoms with van der Waals surface area (Å²) in [6.07, 6.45) is 5.27. The summed E-state index contributed by atoms with van der Waals surface area (Å²) < 4.78 is 0. The van der Waals surface area contributed by atoms with Crippen LogP contribution in [0.5, 0.6) is 0 Å². The maximum Gasteiger partial charge on any atom is 0.227 e. The zero-order valence-electron chi connectivity index (χ0n) is 11.7. The Morgan fingerprint density at radius 3 is 2.86 bits per heavy atom. The fourth-order valence-electron chi connectivity index (χ4n) is 2.40. The second-order valence-corrected chi connectivity index (χ2v) is 6.65. The molecule has 0 saturated heterocycles.